The van der Waals surface area contributed by atoms with E-state index in [-0.39, 0.29) is 5.57 Å². The van der Waals surface area contributed by atoms with Gasteiger partial charge in [0.2, 0.25) is 0 Å². The maximum absolute atomic E-state index is 12.1. The van der Waals surface area contributed by atoms with Gasteiger partial charge in [0.1, 0.15) is 23.4 Å². The number of hydrogen-bond acceptors (Lipinski definition) is 5. The first-order valence-corrected chi connectivity index (χ1v) is 6.44. The number of methoxy groups -OCH3 is 1. The highest BCUT2D eigenvalue weighted by Crippen LogP contribution is 2.25. The van der Waals surface area contributed by atoms with E-state index in [4.69, 9.17) is 15.1 Å². The quantitative estimate of drug-likeness (QED) is 0.541. The minimum absolute atomic E-state index is 0.239. The van der Waals surface area contributed by atoms with Gasteiger partial charge in [-0.05, 0) is 31.5 Å². The third-order valence-corrected chi connectivity index (χ3v) is 2.82. The first-order chi connectivity index (χ1) is 10.4. The molecule has 0 heterocycles. The van der Waals surface area contributed by atoms with Gasteiger partial charge in [-0.15, -0.1) is 0 Å². The summed E-state index contributed by atoms with van der Waals surface area (Å²) in [4.78, 5) is 22.8. The fourth-order valence-electron chi connectivity index (χ4n) is 1.54. The number of ether oxygens (including phenoxy) is 1. The van der Waals surface area contributed by atoms with Crippen molar-refractivity contribution in [3.05, 3.63) is 35.5 Å². The number of anilines is 1. The van der Waals surface area contributed by atoms with Crippen LogP contribution in [-0.4, -0.2) is 30.1 Å². The summed E-state index contributed by atoms with van der Waals surface area (Å²) >= 11 is 0. The molecule has 0 aromatic heterocycles. The second-order valence-corrected chi connectivity index (χ2v) is 4.55. The van der Waals surface area contributed by atoms with Gasteiger partial charge in [0.25, 0.3) is 5.91 Å². The first-order valence-electron chi connectivity index (χ1n) is 6.44. The Morgan fingerprint density at radius 1 is 1.45 bits per heavy atom. The average molecular weight is 303 g/mol. The Bertz CT molecular complexity index is 647. The molecular formula is C15H17N3O4. The van der Waals surface area contributed by atoms with Crippen LogP contribution < -0.4 is 15.4 Å². The van der Waals surface area contributed by atoms with Crippen LogP contribution in [0.15, 0.2) is 30.0 Å². The predicted octanol–water partition coefficient (Wildman–Crippen LogP) is 1.41. The normalized spacial score (nSPS) is 12.0. The number of nitrogens with zero attached hydrogens (tertiary/aromatic N) is 1. The van der Waals surface area contributed by atoms with Crippen LogP contribution in [-0.2, 0) is 9.59 Å². The minimum Gasteiger partial charge on any atom is -0.495 e. The lowest BCUT2D eigenvalue weighted by Crippen LogP contribution is -2.30. The van der Waals surface area contributed by atoms with Gasteiger partial charge in [0.05, 0.1) is 12.8 Å². The van der Waals surface area contributed by atoms with Crippen LogP contribution in [0, 0.1) is 18.3 Å². The molecule has 7 heteroatoms. The Morgan fingerprint density at radius 2 is 2.14 bits per heavy atom. The molecule has 1 atom stereocenters. The fourth-order valence-corrected chi connectivity index (χ4v) is 1.54. The summed E-state index contributed by atoms with van der Waals surface area (Å²) in [6.45, 7) is 3.25. The number of carboxylic acid groups (broad SMARTS) is 1. The van der Waals surface area contributed by atoms with Crippen LogP contribution in [0.2, 0.25) is 0 Å². The van der Waals surface area contributed by atoms with Crippen molar-refractivity contribution in [1.29, 1.82) is 5.26 Å². The van der Waals surface area contributed by atoms with Crippen molar-refractivity contribution in [1.82, 2.24) is 5.32 Å². The van der Waals surface area contributed by atoms with Crippen molar-refractivity contribution < 1.29 is 19.4 Å². The van der Waals surface area contributed by atoms with E-state index in [0.29, 0.717) is 11.4 Å². The van der Waals surface area contributed by atoms with Crippen molar-refractivity contribution in [3.8, 4) is 11.8 Å². The van der Waals surface area contributed by atoms with E-state index in [0.717, 1.165) is 11.8 Å². The lowest BCUT2D eigenvalue weighted by molar-refractivity contribution is -0.138. The lowest BCUT2D eigenvalue weighted by Gasteiger charge is -2.11. The van der Waals surface area contributed by atoms with Gasteiger partial charge < -0.3 is 20.5 Å². The Labute approximate surface area is 128 Å². The SMILES string of the molecule is COc1ccc(C)cc1NC(=O)/C(C#N)=C\NC(C)C(=O)O. The monoisotopic (exact) mass is 303 g/mol. The standard InChI is InChI=1S/C15H17N3O4/c1-9-4-5-13(22-3)12(6-9)18-14(19)11(7-16)8-17-10(2)15(20)21/h4-6,8,10,17H,1-3H3,(H,18,19)(H,20,21)/b11-8-. The molecule has 0 saturated carbocycles. The molecule has 0 radical (unpaired) electrons. The zero-order valence-corrected chi connectivity index (χ0v) is 12.5. The Hall–Kier alpha value is -3.01. The molecule has 1 aromatic rings. The van der Waals surface area contributed by atoms with Gasteiger partial charge >= 0.3 is 5.97 Å². The Morgan fingerprint density at radius 3 is 2.68 bits per heavy atom. The van der Waals surface area contributed by atoms with E-state index in [1.807, 2.05) is 13.0 Å². The average Bonchev–Trinajstić information content (AvgIpc) is 2.47. The van der Waals surface area contributed by atoms with Crippen molar-refractivity contribution >= 4 is 17.6 Å². The van der Waals surface area contributed by atoms with Gasteiger partial charge in [-0.1, -0.05) is 6.07 Å². The maximum Gasteiger partial charge on any atom is 0.325 e. The van der Waals surface area contributed by atoms with Crippen LogP contribution in [0.3, 0.4) is 0 Å². The third kappa shape index (κ3) is 4.52. The van der Waals surface area contributed by atoms with E-state index in [1.54, 1.807) is 18.2 Å². The van der Waals surface area contributed by atoms with Crippen LogP contribution >= 0.6 is 0 Å². The van der Waals surface area contributed by atoms with Crippen LogP contribution in [0.4, 0.5) is 5.69 Å². The highest BCUT2D eigenvalue weighted by molar-refractivity contribution is 6.07. The second kappa shape index (κ2) is 7.69. The highest BCUT2D eigenvalue weighted by Gasteiger charge is 2.14. The molecule has 1 unspecified atom stereocenters. The van der Waals surface area contributed by atoms with E-state index >= 15 is 0 Å². The van der Waals surface area contributed by atoms with Gasteiger partial charge in [0.15, 0.2) is 0 Å². The summed E-state index contributed by atoms with van der Waals surface area (Å²) in [7, 11) is 1.47. The van der Waals surface area contributed by atoms with Crippen LogP contribution in [0.25, 0.3) is 0 Å². The minimum atomic E-state index is -1.09. The number of rotatable bonds is 6. The maximum atomic E-state index is 12.1. The van der Waals surface area contributed by atoms with Gasteiger partial charge in [-0.3, -0.25) is 9.59 Å². The number of benzene rings is 1. The molecule has 7 nitrogen and oxygen atoms in total. The molecule has 1 amide bonds. The number of nitriles is 1. The zero-order valence-electron chi connectivity index (χ0n) is 12.5. The number of carboxylic acids is 1. The van der Waals surface area contributed by atoms with E-state index in [2.05, 4.69) is 10.6 Å². The summed E-state index contributed by atoms with van der Waals surface area (Å²) in [6, 6.07) is 6.04. The Kier molecular flexibility index (Phi) is 5.96. The molecule has 1 rings (SSSR count). The first kappa shape index (κ1) is 17.0. The summed E-state index contributed by atoms with van der Waals surface area (Å²) in [5, 5.41) is 22.8. The van der Waals surface area contributed by atoms with Gasteiger partial charge in [-0.2, -0.15) is 5.26 Å². The number of amides is 1. The van der Waals surface area contributed by atoms with E-state index in [9.17, 15) is 9.59 Å². The fraction of sp³-hybridized carbons (Fsp3) is 0.267. The smallest absolute Gasteiger partial charge is 0.325 e. The number of hydrogen-bond donors (Lipinski definition) is 3. The van der Waals surface area contributed by atoms with Gasteiger partial charge in [0, 0.05) is 6.20 Å². The molecule has 116 valence electrons. The topological polar surface area (TPSA) is 111 Å². The summed E-state index contributed by atoms with van der Waals surface area (Å²) in [6.07, 6.45) is 1.08. The molecule has 0 aliphatic rings. The number of carbonyl (C=O) groups is 2. The molecule has 0 fully saturated rings. The largest absolute Gasteiger partial charge is 0.495 e. The molecule has 1 aromatic carbocycles. The number of aliphatic carboxylic acids is 1. The molecule has 22 heavy (non-hydrogen) atoms. The number of carbonyl (C=O) groups excluding carboxylic acids is 1. The third-order valence-electron chi connectivity index (χ3n) is 2.82. The predicted molar refractivity (Wildman–Crippen MR) is 80.3 cm³/mol. The van der Waals surface area contributed by atoms with Crippen LogP contribution in [0.1, 0.15) is 12.5 Å². The van der Waals surface area contributed by atoms with Crippen molar-refractivity contribution in [2.75, 3.05) is 12.4 Å². The molecule has 3 N–H and O–H groups in total. The van der Waals surface area contributed by atoms with Crippen molar-refractivity contribution in [2.24, 2.45) is 0 Å². The second-order valence-electron chi connectivity index (χ2n) is 4.55. The summed E-state index contributed by atoms with van der Waals surface area (Å²) < 4.78 is 5.13. The molecule has 0 bridgehead atoms. The molecular weight excluding hydrogens is 286 g/mol. The zero-order chi connectivity index (χ0) is 16.7. The lowest BCUT2D eigenvalue weighted by atomic mass is 10.2. The summed E-state index contributed by atoms with van der Waals surface area (Å²) in [5.74, 6) is -1.28. The highest BCUT2D eigenvalue weighted by atomic mass is 16.5. The van der Waals surface area contributed by atoms with Crippen molar-refractivity contribution in [3.63, 3.8) is 0 Å². The van der Waals surface area contributed by atoms with Gasteiger partial charge in [-0.25, -0.2) is 0 Å². The summed E-state index contributed by atoms with van der Waals surface area (Å²) in [5.41, 5.74) is 1.10. The Balaban J connectivity index is 2.91. The molecule has 0 saturated heterocycles. The number of nitrogens with one attached hydrogen (secondary N) is 2. The molecule has 0 aliphatic carbocycles. The van der Waals surface area contributed by atoms with E-state index < -0.39 is 17.9 Å². The molecule has 0 spiro atoms. The van der Waals surface area contributed by atoms with Crippen molar-refractivity contribution in [2.45, 2.75) is 19.9 Å². The number of aryl methyl sites for hydroxylation is 1. The molecule has 0 aliphatic heterocycles. The van der Waals surface area contributed by atoms with E-state index in [1.165, 1.54) is 14.0 Å². The van der Waals surface area contributed by atoms with Crippen LogP contribution in [0.5, 0.6) is 5.75 Å².